The fourth-order valence-electron chi connectivity index (χ4n) is 2.05. The molecule has 0 saturated carbocycles. The monoisotopic (exact) mass is 437 g/mol. The molecule has 0 aliphatic carbocycles. The molecule has 2 rings (SSSR count). The molecule has 0 radical (unpaired) electrons. The molecule has 1 amide bonds. The molecular weight excluding hydrogens is 418 g/mol. The third kappa shape index (κ3) is 8.02. The van der Waals surface area contributed by atoms with Gasteiger partial charge in [-0.1, -0.05) is 42.5 Å². The molecule has 0 unspecified atom stereocenters. The number of nitro groups is 1. The number of para-hydroxylation sites is 1. The number of nitrogens with one attached hydrogen (secondary N) is 2. The Hall–Kier alpha value is -2.76. The molecule has 0 heterocycles. The van der Waals surface area contributed by atoms with E-state index in [9.17, 15) is 24.8 Å². The fraction of sp³-hybridized carbons (Fsp3) is 0.222. The van der Waals surface area contributed by atoms with Crippen molar-refractivity contribution in [3.8, 4) is 0 Å². The van der Waals surface area contributed by atoms with Crippen molar-refractivity contribution in [2.24, 2.45) is 0 Å². The first-order valence-electron chi connectivity index (χ1n) is 8.38. The molecule has 0 fully saturated rings. The number of nitrogens with zero attached hydrogens (tertiary/aromatic N) is 1. The van der Waals surface area contributed by atoms with Crippen molar-refractivity contribution < 1.29 is 24.4 Å². The van der Waals surface area contributed by atoms with Gasteiger partial charge < -0.3 is 15.2 Å². The van der Waals surface area contributed by atoms with E-state index in [1.54, 1.807) is 6.07 Å². The predicted octanol–water partition coefficient (Wildman–Crippen LogP) is 3.26. The van der Waals surface area contributed by atoms with E-state index in [0.29, 0.717) is 4.90 Å². The lowest BCUT2D eigenvalue weighted by Gasteiger charge is -2.14. The number of carboxylic acid groups (broad SMARTS) is 1. The van der Waals surface area contributed by atoms with Crippen LogP contribution in [0.4, 0.5) is 10.5 Å². The second-order valence-corrected chi connectivity index (χ2v) is 7.50. The van der Waals surface area contributed by atoms with Gasteiger partial charge >= 0.3 is 12.1 Å². The summed E-state index contributed by atoms with van der Waals surface area (Å²) in [7, 11) is 0. The summed E-state index contributed by atoms with van der Waals surface area (Å²) in [6.45, 7) is 0.142. The first-order valence-corrected chi connectivity index (χ1v) is 10.4. The lowest BCUT2D eigenvalue weighted by molar-refractivity contribution is -0.387. The third-order valence-corrected chi connectivity index (χ3v) is 5.37. The summed E-state index contributed by atoms with van der Waals surface area (Å²) < 4.78 is 7.77. The van der Waals surface area contributed by atoms with E-state index < -0.39 is 23.0 Å². The van der Waals surface area contributed by atoms with E-state index in [2.05, 4.69) is 10.0 Å². The summed E-state index contributed by atoms with van der Waals surface area (Å²) in [5, 5.41) is 22.9. The number of benzene rings is 2. The molecule has 0 aliphatic heterocycles. The molecule has 3 N–H and O–H groups in total. The standard InChI is InChI=1S/C18H19N3O6S2/c22-17(23)14(20-29-16-9-5-4-8-15(16)21(25)26)11-28-12-19-18(24)27-10-13-6-2-1-3-7-13/h1-9,14,20H,10-12H2,(H,19,24)(H,22,23)/t14-/m0/s1. The number of ether oxygens (including phenoxy) is 1. The maximum Gasteiger partial charge on any atom is 0.408 e. The SMILES string of the molecule is O=C(NCSC[C@H](NSc1ccccc1[N+](=O)[O-])C(=O)O)OCc1ccccc1. The van der Waals surface area contributed by atoms with Gasteiger partial charge in [-0.25, -0.2) is 9.52 Å². The van der Waals surface area contributed by atoms with Gasteiger partial charge in [0.1, 0.15) is 17.5 Å². The molecule has 2 aromatic rings. The summed E-state index contributed by atoms with van der Waals surface area (Å²) in [4.78, 5) is 33.9. The Kier molecular flexibility index (Phi) is 9.28. The van der Waals surface area contributed by atoms with E-state index in [1.165, 1.54) is 30.0 Å². The fourth-order valence-corrected chi connectivity index (χ4v) is 3.80. The van der Waals surface area contributed by atoms with Crippen LogP contribution in [0.1, 0.15) is 5.56 Å². The number of alkyl carbamates (subject to hydrolysis) is 1. The van der Waals surface area contributed by atoms with Gasteiger partial charge in [0.15, 0.2) is 0 Å². The summed E-state index contributed by atoms with van der Waals surface area (Å²) in [6, 6.07) is 14.3. The highest BCUT2D eigenvalue weighted by atomic mass is 32.2. The normalized spacial score (nSPS) is 11.4. The largest absolute Gasteiger partial charge is 0.480 e. The minimum Gasteiger partial charge on any atom is -0.480 e. The Bertz CT molecular complexity index is 837. The molecule has 2 aromatic carbocycles. The second-order valence-electron chi connectivity index (χ2n) is 5.59. The van der Waals surface area contributed by atoms with Crippen molar-refractivity contribution in [1.82, 2.24) is 10.0 Å². The zero-order chi connectivity index (χ0) is 21.1. The number of rotatable bonds is 11. The zero-order valence-corrected chi connectivity index (χ0v) is 16.8. The van der Waals surface area contributed by atoms with Crippen LogP contribution in [0, 0.1) is 10.1 Å². The van der Waals surface area contributed by atoms with Gasteiger partial charge in [-0.2, -0.15) is 0 Å². The van der Waals surface area contributed by atoms with Gasteiger partial charge in [-0.15, -0.1) is 11.8 Å². The maximum absolute atomic E-state index is 11.7. The van der Waals surface area contributed by atoms with Crippen LogP contribution in [-0.4, -0.2) is 39.8 Å². The van der Waals surface area contributed by atoms with Crippen molar-refractivity contribution in [1.29, 1.82) is 0 Å². The lowest BCUT2D eigenvalue weighted by Crippen LogP contribution is -2.35. The smallest absolute Gasteiger partial charge is 0.408 e. The Morgan fingerprint density at radius 1 is 1.14 bits per heavy atom. The van der Waals surface area contributed by atoms with Crippen LogP contribution in [0.2, 0.25) is 0 Å². The number of amides is 1. The van der Waals surface area contributed by atoms with Crippen LogP contribution in [0.3, 0.4) is 0 Å². The summed E-state index contributed by atoms with van der Waals surface area (Å²) in [5.74, 6) is -0.799. The molecule has 11 heteroatoms. The molecule has 154 valence electrons. The minimum atomic E-state index is -1.10. The number of hydrogen-bond donors (Lipinski definition) is 3. The topological polar surface area (TPSA) is 131 Å². The maximum atomic E-state index is 11.7. The number of carbonyl (C=O) groups excluding carboxylic acids is 1. The van der Waals surface area contributed by atoms with Crippen LogP contribution >= 0.6 is 23.7 Å². The van der Waals surface area contributed by atoms with Crippen LogP contribution in [-0.2, 0) is 16.1 Å². The Balaban J connectivity index is 1.72. The quantitative estimate of drug-likeness (QED) is 0.159. The van der Waals surface area contributed by atoms with E-state index in [1.807, 2.05) is 30.3 Å². The molecule has 0 saturated heterocycles. The molecule has 0 bridgehead atoms. The number of thioether (sulfide) groups is 1. The summed E-state index contributed by atoms with van der Waals surface area (Å²) in [5.41, 5.74) is 0.752. The van der Waals surface area contributed by atoms with Crippen molar-refractivity contribution in [3.63, 3.8) is 0 Å². The van der Waals surface area contributed by atoms with Gasteiger partial charge in [-0.05, 0) is 23.6 Å². The Morgan fingerprint density at radius 2 is 1.83 bits per heavy atom. The number of aliphatic carboxylic acids is 1. The van der Waals surface area contributed by atoms with Crippen LogP contribution in [0.5, 0.6) is 0 Å². The minimum absolute atomic E-state index is 0.107. The summed E-state index contributed by atoms with van der Waals surface area (Å²) in [6.07, 6.45) is -0.601. The van der Waals surface area contributed by atoms with Crippen LogP contribution in [0.15, 0.2) is 59.5 Å². The van der Waals surface area contributed by atoms with Gasteiger partial charge in [0, 0.05) is 11.8 Å². The first kappa shape index (κ1) is 22.5. The van der Waals surface area contributed by atoms with Crippen LogP contribution < -0.4 is 10.0 Å². The van der Waals surface area contributed by atoms with Crippen LogP contribution in [0.25, 0.3) is 0 Å². The lowest BCUT2D eigenvalue weighted by atomic mass is 10.2. The van der Waals surface area contributed by atoms with E-state index in [-0.39, 0.29) is 23.9 Å². The van der Waals surface area contributed by atoms with Gasteiger partial charge in [0.2, 0.25) is 0 Å². The molecule has 29 heavy (non-hydrogen) atoms. The first-order chi connectivity index (χ1) is 14.0. The van der Waals surface area contributed by atoms with Gasteiger partial charge in [0.05, 0.1) is 10.8 Å². The van der Waals surface area contributed by atoms with E-state index in [4.69, 9.17) is 4.74 Å². The molecule has 1 atom stereocenters. The average molecular weight is 437 g/mol. The van der Waals surface area contributed by atoms with Crippen molar-refractivity contribution in [2.75, 3.05) is 11.6 Å². The number of carboxylic acids is 1. The van der Waals surface area contributed by atoms with Crippen molar-refractivity contribution in [2.45, 2.75) is 17.5 Å². The van der Waals surface area contributed by atoms with Crippen molar-refractivity contribution in [3.05, 3.63) is 70.3 Å². The molecule has 0 aliphatic rings. The molecule has 9 nitrogen and oxygen atoms in total. The zero-order valence-electron chi connectivity index (χ0n) is 15.1. The van der Waals surface area contributed by atoms with E-state index in [0.717, 1.165) is 17.5 Å². The average Bonchev–Trinajstić information content (AvgIpc) is 2.72. The Morgan fingerprint density at radius 3 is 2.52 bits per heavy atom. The highest BCUT2D eigenvalue weighted by Crippen LogP contribution is 2.27. The highest BCUT2D eigenvalue weighted by Gasteiger charge is 2.20. The predicted molar refractivity (Wildman–Crippen MR) is 111 cm³/mol. The number of hydrogen-bond acceptors (Lipinski definition) is 8. The summed E-state index contributed by atoms with van der Waals surface area (Å²) >= 11 is 2.07. The number of carbonyl (C=O) groups is 2. The van der Waals surface area contributed by atoms with Gasteiger partial charge in [-0.3, -0.25) is 14.9 Å². The molecule has 0 aromatic heterocycles. The highest BCUT2D eigenvalue weighted by molar-refractivity contribution is 7.99. The Labute approximate surface area is 175 Å². The third-order valence-electron chi connectivity index (χ3n) is 3.49. The molecule has 0 spiro atoms. The second kappa shape index (κ2) is 11.9. The van der Waals surface area contributed by atoms with Crippen molar-refractivity contribution >= 4 is 41.5 Å². The van der Waals surface area contributed by atoms with E-state index >= 15 is 0 Å². The number of nitro benzene ring substituents is 1. The molecular formula is C18H19N3O6S2. The van der Waals surface area contributed by atoms with Gasteiger partial charge in [0.25, 0.3) is 5.69 Å².